The Bertz CT molecular complexity index is 599. The third-order valence-electron chi connectivity index (χ3n) is 2.98. The molecule has 0 spiro atoms. The largest absolute Gasteiger partial charge is 0.496 e. The van der Waals surface area contributed by atoms with Crippen molar-refractivity contribution in [2.45, 2.75) is 12.6 Å². The number of alkyl halides is 3. The van der Waals surface area contributed by atoms with E-state index in [1.807, 2.05) is 24.3 Å². The number of para-hydroxylation sites is 1. The normalized spacial score (nSPS) is 11.2. The van der Waals surface area contributed by atoms with Crippen LogP contribution in [0.15, 0.2) is 42.6 Å². The standard InChI is InChI=1S/C15H15F3N2O/c1-21-13-5-3-2-4-11(13)6-8-19-14-10-12(7-9-20-14)15(16,17)18/h2-5,7,9-10H,6,8H2,1H3,(H,19,20). The summed E-state index contributed by atoms with van der Waals surface area (Å²) in [5.41, 5.74) is 0.275. The number of benzene rings is 1. The van der Waals surface area contributed by atoms with Gasteiger partial charge in [0.25, 0.3) is 0 Å². The fourth-order valence-electron chi connectivity index (χ4n) is 1.94. The first kappa shape index (κ1) is 15.2. The van der Waals surface area contributed by atoms with E-state index in [9.17, 15) is 13.2 Å². The van der Waals surface area contributed by atoms with Gasteiger partial charge in [-0.2, -0.15) is 13.2 Å². The van der Waals surface area contributed by atoms with Crippen LogP contribution in [0.3, 0.4) is 0 Å². The first-order valence-corrected chi connectivity index (χ1v) is 6.39. The molecule has 1 aromatic carbocycles. The third-order valence-corrected chi connectivity index (χ3v) is 2.98. The first-order chi connectivity index (χ1) is 10.0. The summed E-state index contributed by atoms with van der Waals surface area (Å²) >= 11 is 0. The van der Waals surface area contributed by atoms with E-state index < -0.39 is 11.7 Å². The molecule has 112 valence electrons. The second-order valence-corrected chi connectivity index (χ2v) is 4.42. The predicted molar refractivity (Wildman–Crippen MR) is 74.4 cm³/mol. The molecule has 0 unspecified atom stereocenters. The van der Waals surface area contributed by atoms with Crippen LogP contribution in [0.2, 0.25) is 0 Å². The van der Waals surface area contributed by atoms with Crippen molar-refractivity contribution in [3.8, 4) is 5.75 Å². The molecular formula is C15H15F3N2O. The molecule has 0 saturated carbocycles. The lowest BCUT2D eigenvalue weighted by Gasteiger charge is -2.11. The van der Waals surface area contributed by atoms with Crippen molar-refractivity contribution in [3.05, 3.63) is 53.7 Å². The molecule has 0 aliphatic carbocycles. The van der Waals surface area contributed by atoms with Gasteiger partial charge in [0.2, 0.25) is 0 Å². The van der Waals surface area contributed by atoms with Crippen molar-refractivity contribution in [2.24, 2.45) is 0 Å². The minimum absolute atomic E-state index is 0.208. The highest BCUT2D eigenvalue weighted by Gasteiger charge is 2.30. The molecule has 0 amide bonds. The molecule has 3 nitrogen and oxygen atoms in total. The number of aromatic nitrogens is 1. The molecule has 6 heteroatoms. The molecule has 1 heterocycles. The van der Waals surface area contributed by atoms with Crippen LogP contribution in [-0.4, -0.2) is 18.6 Å². The van der Waals surface area contributed by atoms with E-state index in [1.54, 1.807) is 7.11 Å². The molecule has 0 saturated heterocycles. The lowest BCUT2D eigenvalue weighted by Crippen LogP contribution is -2.10. The van der Waals surface area contributed by atoms with Crippen LogP contribution in [0.1, 0.15) is 11.1 Å². The summed E-state index contributed by atoms with van der Waals surface area (Å²) in [4.78, 5) is 3.88. The van der Waals surface area contributed by atoms with Crippen molar-refractivity contribution < 1.29 is 17.9 Å². The summed E-state index contributed by atoms with van der Waals surface area (Å²) in [6, 6.07) is 9.47. The van der Waals surface area contributed by atoms with Gasteiger partial charge in [-0.1, -0.05) is 18.2 Å². The molecule has 0 bridgehead atoms. The lowest BCUT2D eigenvalue weighted by molar-refractivity contribution is -0.137. The molecule has 2 rings (SSSR count). The Morgan fingerprint density at radius 3 is 2.67 bits per heavy atom. The maximum Gasteiger partial charge on any atom is 0.416 e. The van der Waals surface area contributed by atoms with E-state index >= 15 is 0 Å². The fraction of sp³-hybridized carbons (Fsp3) is 0.267. The van der Waals surface area contributed by atoms with Gasteiger partial charge in [0.05, 0.1) is 12.7 Å². The van der Waals surface area contributed by atoms with Crippen LogP contribution in [0.5, 0.6) is 5.75 Å². The smallest absolute Gasteiger partial charge is 0.416 e. The number of pyridine rings is 1. The zero-order chi connectivity index (χ0) is 15.3. The van der Waals surface area contributed by atoms with Crippen molar-refractivity contribution in [3.63, 3.8) is 0 Å². The average molecular weight is 296 g/mol. The van der Waals surface area contributed by atoms with E-state index in [0.717, 1.165) is 29.6 Å². The number of methoxy groups -OCH3 is 1. The minimum Gasteiger partial charge on any atom is -0.496 e. The summed E-state index contributed by atoms with van der Waals surface area (Å²) in [7, 11) is 1.58. The predicted octanol–water partition coefficient (Wildman–Crippen LogP) is 3.76. The second kappa shape index (κ2) is 6.47. The number of hydrogen-bond donors (Lipinski definition) is 1. The fourth-order valence-corrected chi connectivity index (χ4v) is 1.94. The van der Waals surface area contributed by atoms with Crippen LogP contribution in [0.4, 0.5) is 19.0 Å². The van der Waals surface area contributed by atoms with Gasteiger partial charge < -0.3 is 10.1 Å². The summed E-state index contributed by atoms with van der Waals surface area (Å²) in [5, 5.41) is 2.89. The van der Waals surface area contributed by atoms with Gasteiger partial charge >= 0.3 is 6.18 Å². The van der Waals surface area contributed by atoms with Gasteiger partial charge in [-0.25, -0.2) is 4.98 Å². The number of anilines is 1. The van der Waals surface area contributed by atoms with Gasteiger partial charge in [-0.05, 0) is 30.2 Å². The third kappa shape index (κ3) is 4.11. The van der Waals surface area contributed by atoms with Gasteiger partial charge in [-0.3, -0.25) is 0 Å². The Morgan fingerprint density at radius 1 is 1.19 bits per heavy atom. The quantitative estimate of drug-likeness (QED) is 0.912. The van der Waals surface area contributed by atoms with Crippen molar-refractivity contribution >= 4 is 5.82 Å². The summed E-state index contributed by atoms with van der Waals surface area (Å²) in [6.45, 7) is 0.467. The minimum atomic E-state index is -4.36. The number of nitrogens with one attached hydrogen (secondary N) is 1. The van der Waals surface area contributed by atoms with Crippen molar-refractivity contribution in [2.75, 3.05) is 19.0 Å². The molecule has 1 aromatic heterocycles. The molecule has 0 fully saturated rings. The monoisotopic (exact) mass is 296 g/mol. The second-order valence-electron chi connectivity index (χ2n) is 4.42. The number of ether oxygens (including phenoxy) is 1. The van der Waals surface area contributed by atoms with Crippen LogP contribution in [0.25, 0.3) is 0 Å². The molecule has 0 radical (unpaired) electrons. The highest BCUT2D eigenvalue weighted by Crippen LogP contribution is 2.29. The first-order valence-electron chi connectivity index (χ1n) is 6.39. The maximum atomic E-state index is 12.6. The number of rotatable bonds is 5. The van der Waals surface area contributed by atoms with Crippen LogP contribution in [0, 0.1) is 0 Å². The Balaban J connectivity index is 1.98. The van der Waals surface area contributed by atoms with Crippen molar-refractivity contribution in [1.29, 1.82) is 0 Å². The molecular weight excluding hydrogens is 281 g/mol. The molecule has 0 atom stereocenters. The molecule has 0 aliphatic heterocycles. The van der Waals surface area contributed by atoms with Crippen LogP contribution < -0.4 is 10.1 Å². The summed E-state index contributed by atoms with van der Waals surface area (Å²) in [5.74, 6) is 0.969. The van der Waals surface area contributed by atoms with E-state index in [-0.39, 0.29) is 5.82 Å². The zero-order valence-electron chi connectivity index (χ0n) is 11.4. The van der Waals surface area contributed by atoms with E-state index in [4.69, 9.17) is 4.74 Å². The average Bonchev–Trinajstić information content (AvgIpc) is 2.47. The maximum absolute atomic E-state index is 12.6. The highest BCUT2D eigenvalue weighted by atomic mass is 19.4. The number of halogens is 3. The van der Waals surface area contributed by atoms with E-state index in [0.29, 0.717) is 13.0 Å². The SMILES string of the molecule is COc1ccccc1CCNc1cc(C(F)(F)F)ccn1. The number of nitrogens with zero attached hydrogens (tertiary/aromatic N) is 1. The van der Waals surface area contributed by atoms with Crippen LogP contribution in [-0.2, 0) is 12.6 Å². The van der Waals surface area contributed by atoms with Gasteiger partial charge in [0.15, 0.2) is 0 Å². The summed E-state index contributed by atoms with van der Waals surface area (Å²) < 4.78 is 43.0. The van der Waals surface area contributed by atoms with E-state index in [2.05, 4.69) is 10.3 Å². The van der Waals surface area contributed by atoms with Crippen molar-refractivity contribution in [1.82, 2.24) is 4.98 Å². The van der Waals surface area contributed by atoms with Gasteiger partial charge in [-0.15, -0.1) is 0 Å². The molecule has 0 aliphatic rings. The Hall–Kier alpha value is -2.24. The Labute approximate surface area is 120 Å². The van der Waals surface area contributed by atoms with Crippen LogP contribution >= 0.6 is 0 Å². The highest BCUT2D eigenvalue weighted by molar-refractivity contribution is 5.39. The Kier molecular flexibility index (Phi) is 4.67. The molecule has 2 aromatic rings. The van der Waals surface area contributed by atoms with Gasteiger partial charge in [0.1, 0.15) is 11.6 Å². The summed E-state index contributed by atoms with van der Waals surface area (Å²) in [6.07, 6.45) is -2.59. The lowest BCUT2D eigenvalue weighted by atomic mass is 10.1. The number of hydrogen-bond acceptors (Lipinski definition) is 3. The van der Waals surface area contributed by atoms with E-state index in [1.165, 1.54) is 0 Å². The Morgan fingerprint density at radius 2 is 1.95 bits per heavy atom. The topological polar surface area (TPSA) is 34.1 Å². The molecule has 1 N–H and O–H groups in total. The van der Waals surface area contributed by atoms with Gasteiger partial charge in [0, 0.05) is 12.7 Å². The zero-order valence-corrected chi connectivity index (χ0v) is 11.4. The molecule has 21 heavy (non-hydrogen) atoms.